The van der Waals surface area contributed by atoms with Crippen molar-refractivity contribution in [3.05, 3.63) is 54.1 Å². The molecule has 2 unspecified atom stereocenters. The molecule has 2 aromatic carbocycles. The van der Waals surface area contributed by atoms with Crippen molar-refractivity contribution in [1.82, 2.24) is 5.32 Å². The summed E-state index contributed by atoms with van der Waals surface area (Å²) in [4.78, 5) is 12.6. The van der Waals surface area contributed by atoms with Crippen LogP contribution in [0.15, 0.2) is 53.4 Å². The second-order valence-corrected chi connectivity index (χ2v) is 9.30. The Balaban J connectivity index is 1.40. The number of anilines is 1. The van der Waals surface area contributed by atoms with E-state index in [1.807, 2.05) is 0 Å². The van der Waals surface area contributed by atoms with Crippen molar-refractivity contribution in [3.63, 3.8) is 0 Å². The minimum absolute atomic E-state index is 0.0953. The number of amides is 1. The lowest BCUT2D eigenvalue weighted by Crippen LogP contribution is -2.38. The minimum Gasteiger partial charge on any atom is -0.497 e. The maximum Gasteiger partial charge on any atom is 0.261 e. The summed E-state index contributed by atoms with van der Waals surface area (Å²) >= 11 is 0. The molecule has 2 aliphatic carbocycles. The van der Waals surface area contributed by atoms with Gasteiger partial charge in [-0.2, -0.15) is 0 Å². The summed E-state index contributed by atoms with van der Waals surface area (Å²) in [6, 6.07) is 12.9. The fourth-order valence-corrected chi connectivity index (χ4v) is 5.39. The average Bonchev–Trinajstić information content (AvgIpc) is 3.31. The molecule has 0 aliphatic heterocycles. The molecule has 0 heterocycles. The van der Waals surface area contributed by atoms with Crippen LogP contribution in [-0.4, -0.2) is 27.5 Å². The van der Waals surface area contributed by atoms with E-state index < -0.39 is 10.0 Å². The highest BCUT2D eigenvalue weighted by atomic mass is 32.2. The zero-order valence-electron chi connectivity index (χ0n) is 15.7. The Hall–Kier alpha value is -2.54. The molecule has 1 amide bonds. The second kappa shape index (κ2) is 7.47. The van der Waals surface area contributed by atoms with Crippen LogP contribution in [-0.2, 0) is 10.0 Å². The molecule has 2 N–H and O–H groups in total. The molecule has 0 saturated heterocycles. The van der Waals surface area contributed by atoms with Gasteiger partial charge >= 0.3 is 0 Å². The Morgan fingerprint density at radius 2 is 1.71 bits per heavy atom. The molecule has 2 aliphatic rings. The fraction of sp³-hybridized carbons (Fsp3) is 0.381. The van der Waals surface area contributed by atoms with E-state index in [9.17, 15) is 13.2 Å². The van der Waals surface area contributed by atoms with E-state index in [2.05, 4.69) is 10.0 Å². The zero-order valence-corrected chi connectivity index (χ0v) is 16.5. The van der Waals surface area contributed by atoms with E-state index in [1.165, 1.54) is 38.5 Å². The van der Waals surface area contributed by atoms with E-state index in [0.29, 0.717) is 22.9 Å². The number of methoxy groups -OCH3 is 1. The largest absolute Gasteiger partial charge is 0.497 e. The Morgan fingerprint density at radius 1 is 1.00 bits per heavy atom. The molecule has 0 spiro atoms. The third kappa shape index (κ3) is 3.85. The fourth-order valence-electron chi connectivity index (χ4n) is 4.33. The van der Waals surface area contributed by atoms with Crippen molar-refractivity contribution in [3.8, 4) is 5.75 Å². The smallest absolute Gasteiger partial charge is 0.261 e. The predicted molar refractivity (Wildman–Crippen MR) is 107 cm³/mol. The van der Waals surface area contributed by atoms with Crippen molar-refractivity contribution in [2.75, 3.05) is 11.8 Å². The lowest BCUT2D eigenvalue weighted by molar-refractivity contribution is 0.0923. The van der Waals surface area contributed by atoms with Gasteiger partial charge in [-0.05, 0) is 79.6 Å². The van der Waals surface area contributed by atoms with Gasteiger partial charge in [0.15, 0.2) is 0 Å². The molecule has 3 atom stereocenters. The summed E-state index contributed by atoms with van der Waals surface area (Å²) in [6.07, 6.45) is 4.81. The highest BCUT2D eigenvalue weighted by molar-refractivity contribution is 7.92. The van der Waals surface area contributed by atoms with Gasteiger partial charge in [0.2, 0.25) is 0 Å². The number of fused-ring (bicyclic) bond motifs is 2. The van der Waals surface area contributed by atoms with Crippen LogP contribution >= 0.6 is 0 Å². The molecule has 28 heavy (non-hydrogen) atoms. The van der Waals surface area contributed by atoms with E-state index in [4.69, 9.17) is 4.74 Å². The summed E-state index contributed by atoms with van der Waals surface area (Å²) in [6.45, 7) is 0. The van der Waals surface area contributed by atoms with Gasteiger partial charge in [0.1, 0.15) is 5.75 Å². The first-order valence-corrected chi connectivity index (χ1v) is 11.0. The molecule has 4 rings (SSSR count). The van der Waals surface area contributed by atoms with Crippen molar-refractivity contribution in [1.29, 1.82) is 0 Å². The molecule has 6 nitrogen and oxygen atoms in total. The lowest BCUT2D eigenvalue weighted by atomic mass is 9.95. The Kier molecular flexibility index (Phi) is 5.02. The van der Waals surface area contributed by atoms with Gasteiger partial charge in [-0.15, -0.1) is 0 Å². The van der Waals surface area contributed by atoms with E-state index in [0.717, 1.165) is 12.3 Å². The van der Waals surface area contributed by atoms with Crippen LogP contribution < -0.4 is 14.8 Å². The predicted octanol–water partition coefficient (Wildman–Crippen LogP) is 3.41. The Labute approximate surface area is 165 Å². The van der Waals surface area contributed by atoms with Crippen LogP contribution in [0.25, 0.3) is 0 Å². The van der Waals surface area contributed by atoms with Crippen molar-refractivity contribution >= 4 is 21.6 Å². The molecule has 148 valence electrons. The third-order valence-electron chi connectivity index (χ3n) is 5.82. The molecule has 2 fully saturated rings. The quantitative estimate of drug-likeness (QED) is 0.778. The normalized spacial score (nSPS) is 23.4. The molecule has 2 aromatic rings. The topological polar surface area (TPSA) is 84.5 Å². The maximum absolute atomic E-state index is 12.5. The highest BCUT2D eigenvalue weighted by Crippen LogP contribution is 2.44. The van der Waals surface area contributed by atoms with Crippen molar-refractivity contribution < 1.29 is 17.9 Å². The number of carbonyl (C=O) groups excluding carboxylic acids is 1. The van der Waals surface area contributed by atoms with Gasteiger partial charge < -0.3 is 10.1 Å². The molecular weight excluding hydrogens is 376 g/mol. The number of nitrogens with one attached hydrogen (secondary N) is 2. The van der Waals surface area contributed by atoms with E-state index in [1.54, 1.807) is 36.4 Å². The zero-order chi connectivity index (χ0) is 19.7. The van der Waals surface area contributed by atoms with E-state index >= 15 is 0 Å². The molecule has 7 heteroatoms. The summed E-state index contributed by atoms with van der Waals surface area (Å²) in [5.41, 5.74) is 0.947. The molecule has 0 radical (unpaired) electrons. The molecule has 0 aromatic heterocycles. The van der Waals surface area contributed by atoms with Gasteiger partial charge in [0.25, 0.3) is 15.9 Å². The monoisotopic (exact) mass is 400 g/mol. The lowest BCUT2D eigenvalue weighted by Gasteiger charge is -2.22. The number of carbonyl (C=O) groups is 1. The summed E-state index contributed by atoms with van der Waals surface area (Å²) in [5, 5.41) is 3.14. The van der Waals surface area contributed by atoms with Gasteiger partial charge in [0, 0.05) is 17.3 Å². The number of hydrogen-bond acceptors (Lipinski definition) is 4. The van der Waals surface area contributed by atoms with Crippen LogP contribution in [0.2, 0.25) is 0 Å². The van der Waals surface area contributed by atoms with Crippen LogP contribution in [0.5, 0.6) is 5.75 Å². The molecule has 2 saturated carbocycles. The SMILES string of the molecule is COc1ccc(S(=O)(=O)Nc2ccc(C(=O)N[C@@H]3CC4CCC3C4)cc2)cc1. The first-order chi connectivity index (χ1) is 13.4. The number of benzene rings is 2. The van der Waals surface area contributed by atoms with Crippen molar-refractivity contribution in [2.45, 2.75) is 36.6 Å². The van der Waals surface area contributed by atoms with Gasteiger partial charge in [0.05, 0.1) is 12.0 Å². The van der Waals surface area contributed by atoms with Gasteiger partial charge in [-0.25, -0.2) is 8.42 Å². The average molecular weight is 401 g/mol. The number of sulfonamides is 1. The van der Waals surface area contributed by atoms with E-state index in [-0.39, 0.29) is 16.8 Å². The van der Waals surface area contributed by atoms with Crippen LogP contribution in [0, 0.1) is 11.8 Å². The number of rotatable bonds is 6. The second-order valence-electron chi connectivity index (χ2n) is 7.61. The molecule has 2 bridgehead atoms. The Morgan fingerprint density at radius 3 is 2.29 bits per heavy atom. The van der Waals surface area contributed by atoms with Crippen LogP contribution in [0.3, 0.4) is 0 Å². The van der Waals surface area contributed by atoms with Crippen LogP contribution in [0.1, 0.15) is 36.0 Å². The third-order valence-corrected chi connectivity index (χ3v) is 7.22. The standard InChI is InChI=1S/C21H24N2O4S/c1-27-18-8-10-19(11-9-18)28(25,26)23-17-6-4-15(5-7-17)21(24)22-20-13-14-2-3-16(20)12-14/h4-11,14,16,20,23H,2-3,12-13H2,1H3,(H,22,24)/t14?,16?,20-/m1/s1. The van der Waals surface area contributed by atoms with Crippen LogP contribution in [0.4, 0.5) is 5.69 Å². The highest BCUT2D eigenvalue weighted by Gasteiger charge is 2.40. The summed E-state index contributed by atoms with van der Waals surface area (Å²) in [5.74, 6) is 1.88. The maximum atomic E-state index is 12.5. The first kappa shape index (κ1) is 18.8. The molecular formula is C21H24N2O4S. The Bertz CT molecular complexity index is 955. The summed E-state index contributed by atoms with van der Waals surface area (Å²) in [7, 11) is -2.18. The first-order valence-electron chi connectivity index (χ1n) is 9.52. The minimum atomic E-state index is -3.70. The van der Waals surface area contributed by atoms with Crippen molar-refractivity contribution in [2.24, 2.45) is 11.8 Å². The number of hydrogen-bond donors (Lipinski definition) is 2. The van der Waals surface area contributed by atoms with Gasteiger partial charge in [-0.3, -0.25) is 9.52 Å². The summed E-state index contributed by atoms with van der Waals surface area (Å²) < 4.78 is 32.6. The number of ether oxygens (including phenoxy) is 1. The van der Waals surface area contributed by atoms with Gasteiger partial charge in [-0.1, -0.05) is 6.42 Å².